The number of rotatable bonds is 5. The van der Waals surface area contributed by atoms with Crippen LogP contribution in [0.15, 0.2) is 6.07 Å². The Hall–Kier alpha value is -0.870. The van der Waals surface area contributed by atoms with Crippen LogP contribution in [0, 0.1) is 0 Å². The third-order valence-corrected chi connectivity index (χ3v) is 1.89. The molecule has 14 heavy (non-hydrogen) atoms. The quantitative estimate of drug-likeness (QED) is 0.601. The standard InChI is InChI=1S/C9H14ClN3O/c1-3-7-6-8(10)13-9(12-7)11-4-5-14-2/h6H,3-5H2,1-2H3,(H,11,12,13). The Balaban J connectivity index is 2.62. The van der Waals surface area contributed by atoms with E-state index in [4.69, 9.17) is 16.3 Å². The summed E-state index contributed by atoms with van der Waals surface area (Å²) in [4.78, 5) is 8.30. The Morgan fingerprint density at radius 2 is 2.29 bits per heavy atom. The zero-order valence-corrected chi connectivity index (χ0v) is 9.14. The Morgan fingerprint density at radius 3 is 2.93 bits per heavy atom. The molecule has 0 atom stereocenters. The molecule has 1 N–H and O–H groups in total. The summed E-state index contributed by atoms with van der Waals surface area (Å²) in [5.41, 5.74) is 0.935. The van der Waals surface area contributed by atoms with E-state index in [1.165, 1.54) is 0 Å². The van der Waals surface area contributed by atoms with Gasteiger partial charge in [-0.25, -0.2) is 9.97 Å². The maximum absolute atomic E-state index is 5.82. The fraction of sp³-hybridized carbons (Fsp3) is 0.556. The van der Waals surface area contributed by atoms with Crippen molar-refractivity contribution < 1.29 is 4.74 Å². The molecule has 78 valence electrons. The van der Waals surface area contributed by atoms with E-state index in [1.807, 2.05) is 6.92 Å². The first-order chi connectivity index (χ1) is 6.76. The van der Waals surface area contributed by atoms with Crippen molar-refractivity contribution >= 4 is 17.5 Å². The predicted molar refractivity (Wildman–Crippen MR) is 56.8 cm³/mol. The molecule has 0 saturated heterocycles. The smallest absolute Gasteiger partial charge is 0.224 e. The predicted octanol–water partition coefficient (Wildman–Crippen LogP) is 1.75. The fourth-order valence-corrected chi connectivity index (χ4v) is 1.20. The summed E-state index contributed by atoms with van der Waals surface area (Å²) in [5, 5.41) is 3.50. The van der Waals surface area contributed by atoms with E-state index < -0.39 is 0 Å². The second kappa shape index (κ2) is 5.78. The number of aryl methyl sites for hydroxylation is 1. The number of ether oxygens (including phenoxy) is 1. The van der Waals surface area contributed by atoms with Gasteiger partial charge in [0.15, 0.2) is 0 Å². The minimum absolute atomic E-state index is 0.469. The highest BCUT2D eigenvalue weighted by Gasteiger charge is 2.00. The monoisotopic (exact) mass is 215 g/mol. The molecular formula is C9H14ClN3O. The molecule has 0 bridgehead atoms. The van der Waals surface area contributed by atoms with Gasteiger partial charge in [0, 0.05) is 19.3 Å². The zero-order chi connectivity index (χ0) is 10.4. The van der Waals surface area contributed by atoms with Crippen LogP contribution in [0.3, 0.4) is 0 Å². The number of hydrogen-bond acceptors (Lipinski definition) is 4. The van der Waals surface area contributed by atoms with Crippen LogP contribution in [0.1, 0.15) is 12.6 Å². The Labute approximate surface area is 88.7 Å². The molecule has 0 saturated carbocycles. The van der Waals surface area contributed by atoms with Gasteiger partial charge in [-0.05, 0) is 12.5 Å². The van der Waals surface area contributed by atoms with E-state index in [2.05, 4.69) is 15.3 Å². The van der Waals surface area contributed by atoms with Gasteiger partial charge in [0.25, 0.3) is 0 Å². The van der Waals surface area contributed by atoms with Gasteiger partial charge < -0.3 is 10.1 Å². The maximum Gasteiger partial charge on any atom is 0.224 e. The number of aromatic nitrogens is 2. The minimum Gasteiger partial charge on any atom is -0.383 e. The molecule has 5 heteroatoms. The van der Waals surface area contributed by atoms with Crippen molar-refractivity contribution in [2.45, 2.75) is 13.3 Å². The van der Waals surface area contributed by atoms with Crippen LogP contribution in [-0.2, 0) is 11.2 Å². The highest BCUT2D eigenvalue weighted by molar-refractivity contribution is 6.29. The van der Waals surface area contributed by atoms with Gasteiger partial charge in [-0.1, -0.05) is 18.5 Å². The van der Waals surface area contributed by atoms with E-state index in [0.717, 1.165) is 12.1 Å². The first kappa shape index (κ1) is 11.2. The van der Waals surface area contributed by atoms with Crippen molar-refractivity contribution in [3.05, 3.63) is 16.9 Å². The normalized spacial score (nSPS) is 10.2. The van der Waals surface area contributed by atoms with Crippen LogP contribution in [0.4, 0.5) is 5.95 Å². The van der Waals surface area contributed by atoms with Crippen molar-refractivity contribution in [1.29, 1.82) is 0 Å². The van der Waals surface area contributed by atoms with Gasteiger partial charge in [0.2, 0.25) is 5.95 Å². The summed E-state index contributed by atoms with van der Waals surface area (Å²) in [7, 11) is 1.65. The number of hydrogen-bond donors (Lipinski definition) is 1. The molecule has 1 aromatic heterocycles. The zero-order valence-electron chi connectivity index (χ0n) is 8.38. The molecule has 0 radical (unpaired) electrons. The largest absolute Gasteiger partial charge is 0.383 e. The molecular weight excluding hydrogens is 202 g/mol. The van der Waals surface area contributed by atoms with Crippen LogP contribution in [-0.4, -0.2) is 30.2 Å². The fourth-order valence-electron chi connectivity index (χ4n) is 0.989. The first-order valence-corrected chi connectivity index (χ1v) is 4.90. The van der Waals surface area contributed by atoms with Crippen LogP contribution in [0.5, 0.6) is 0 Å². The van der Waals surface area contributed by atoms with Crippen molar-refractivity contribution in [2.75, 3.05) is 25.6 Å². The summed E-state index contributed by atoms with van der Waals surface area (Å²) in [6.45, 7) is 3.33. The average molecular weight is 216 g/mol. The lowest BCUT2D eigenvalue weighted by Crippen LogP contribution is -2.11. The lowest BCUT2D eigenvalue weighted by molar-refractivity contribution is 0.210. The molecule has 1 aromatic rings. The van der Waals surface area contributed by atoms with Crippen LogP contribution in [0.25, 0.3) is 0 Å². The molecule has 0 aliphatic carbocycles. The highest BCUT2D eigenvalue weighted by Crippen LogP contribution is 2.10. The van der Waals surface area contributed by atoms with Crippen molar-refractivity contribution in [3.63, 3.8) is 0 Å². The van der Waals surface area contributed by atoms with E-state index in [0.29, 0.717) is 24.3 Å². The molecule has 0 aromatic carbocycles. The summed E-state index contributed by atoms with van der Waals surface area (Å²) in [6, 6.07) is 1.77. The van der Waals surface area contributed by atoms with Gasteiger partial charge in [-0.15, -0.1) is 0 Å². The Bertz CT molecular complexity index is 293. The van der Waals surface area contributed by atoms with Crippen LogP contribution in [0.2, 0.25) is 5.15 Å². The second-order valence-corrected chi connectivity index (χ2v) is 3.17. The lowest BCUT2D eigenvalue weighted by atomic mass is 10.3. The van der Waals surface area contributed by atoms with Crippen molar-refractivity contribution in [3.8, 4) is 0 Å². The summed E-state index contributed by atoms with van der Waals surface area (Å²) in [6.07, 6.45) is 0.848. The van der Waals surface area contributed by atoms with Gasteiger partial charge in [-0.2, -0.15) is 0 Å². The van der Waals surface area contributed by atoms with E-state index in [-0.39, 0.29) is 0 Å². The third-order valence-electron chi connectivity index (χ3n) is 1.70. The van der Waals surface area contributed by atoms with E-state index in [1.54, 1.807) is 13.2 Å². The van der Waals surface area contributed by atoms with Gasteiger partial charge in [0.1, 0.15) is 5.15 Å². The molecule has 0 spiro atoms. The van der Waals surface area contributed by atoms with Crippen LogP contribution < -0.4 is 5.32 Å². The minimum atomic E-state index is 0.469. The summed E-state index contributed by atoms with van der Waals surface area (Å²) < 4.78 is 4.90. The lowest BCUT2D eigenvalue weighted by Gasteiger charge is -2.05. The topological polar surface area (TPSA) is 47.0 Å². The number of nitrogens with one attached hydrogen (secondary N) is 1. The average Bonchev–Trinajstić information content (AvgIpc) is 2.17. The Morgan fingerprint density at radius 1 is 1.50 bits per heavy atom. The third kappa shape index (κ3) is 3.47. The molecule has 1 heterocycles. The molecule has 4 nitrogen and oxygen atoms in total. The number of methoxy groups -OCH3 is 1. The van der Waals surface area contributed by atoms with Crippen molar-refractivity contribution in [1.82, 2.24) is 9.97 Å². The molecule has 1 rings (SSSR count). The summed E-state index contributed by atoms with van der Waals surface area (Å²) in [5.74, 6) is 0.561. The Kier molecular flexibility index (Phi) is 4.62. The van der Waals surface area contributed by atoms with E-state index in [9.17, 15) is 0 Å². The SMILES string of the molecule is CCc1cc(Cl)nc(NCCOC)n1. The number of nitrogens with zero attached hydrogens (tertiary/aromatic N) is 2. The van der Waals surface area contributed by atoms with Gasteiger partial charge >= 0.3 is 0 Å². The van der Waals surface area contributed by atoms with Crippen molar-refractivity contribution in [2.24, 2.45) is 0 Å². The molecule has 0 amide bonds. The summed E-state index contributed by atoms with van der Waals surface area (Å²) >= 11 is 5.82. The van der Waals surface area contributed by atoms with E-state index >= 15 is 0 Å². The molecule has 0 aliphatic rings. The molecule has 0 fully saturated rings. The maximum atomic E-state index is 5.82. The molecule has 0 unspecified atom stereocenters. The highest BCUT2D eigenvalue weighted by atomic mass is 35.5. The molecule has 0 aliphatic heterocycles. The number of anilines is 1. The first-order valence-electron chi connectivity index (χ1n) is 4.52. The second-order valence-electron chi connectivity index (χ2n) is 2.78. The van der Waals surface area contributed by atoms with Crippen LogP contribution >= 0.6 is 11.6 Å². The van der Waals surface area contributed by atoms with Gasteiger partial charge in [0.05, 0.1) is 6.61 Å². The van der Waals surface area contributed by atoms with Gasteiger partial charge in [-0.3, -0.25) is 0 Å². The number of halogens is 1.